The third kappa shape index (κ3) is 2.44. The van der Waals surface area contributed by atoms with E-state index in [9.17, 15) is 0 Å². The van der Waals surface area contributed by atoms with E-state index >= 15 is 0 Å². The maximum absolute atomic E-state index is 4.66. The highest BCUT2D eigenvalue weighted by atomic mass is 79.9. The van der Waals surface area contributed by atoms with E-state index in [2.05, 4.69) is 31.3 Å². The molecule has 1 atom stereocenters. The standard InChI is InChI=1S/C14H17BrN4/c1-19-14(11-5-3-7-17-9-11)12(15)13(18-19)10-4-2-6-16-8-10/h2,4,6,8,11,17H,3,5,7,9H2,1H3. The molecule has 0 amide bonds. The van der Waals surface area contributed by atoms with Crippen LogP contribution in [0.2, 0.25) is 0 Å². The summed E-state index contributed by atoms with van der Waals surface area (Å²) in [6.07, 6.45) is 6.09. The molecular formula is C14H17BrN4. The number of aromatic nitrogens is 3. The van der Waals surface area contributed by atoms with E-state index < -0.39 is 0 Å². The third-order valence-corrected chi connectivity index (χ3v) is 4.43. The highest BCUT2D eigenvalue weighted by Crippen LogP contribution is 2.35. The molecule has 0 saturated carbocycles. The van der Waals surface area contributed by atoms with Gasteiger partial charge in [0.05, 0.1) is 10.2 Å². The molecule has 1 aliphatic heterocycles. The van der Waals surface area contributed by atoms with Crippen molar-refractivity contribution in [3.63, 3.8) is 0 Å². The molecule has 1 saturated heterocycles. The Bertz CT molecular complexity index is 558. The maximum atomic E-state index is 4.66. The topological polar surface area (TPSA) is 42.7 Å². The van der Waals surface area contributed by atoms with Crippen molar-refractivity contribution in [2.24, 2.45) is 7.05 Å². The van der Waals surface area contributed by atoms with Crippen molar-refractivity contribution in [2.45, 2.75) is 18.8 Å². The molecule has 0 bridgehead atoms. The van der Waals surface area contributed by atoms with Crippen molar-refractivity contribution in [2.75, 3.05) is 13.1 Å². The monoisotopic (exact) mass is 320 g/mol. The van der Waals surface area contributed by atoms with E-state index in [1.54, 1.807) is 6.20 Å². The predicted octanol–water partition coefficient (Wildman–Crippen LogP) is 2.71. The molecule has 4 nitrogen and oxygen atoms in total. The summed E-state index contributed by atoms with van der Waals surface area (Å²) in [5, 5.41) is 8.12. The van der Waals surface area contributed by atoms with Crippen molar-refractivity contribution in [3.05, 3.63) is 34.7 Å². The number of rotatable bonds is 2. The Hall–Kier alpha value is -1.20. The van der Waals surface area contributed by atoms with Gasteiger partial charge in [0.25, 0.3) is 0 Å². The van der Waals surface area contributed by atoms with Gasteiger partial charge < -0.3 is 5.32 Å². The summed E-state index contributed by atoms with van der Waals surface area (Å²) in [6.45, 7) is 2.16. The summed E-state index contributed by atoms with van der Waals surface area (Å²) >= 11 is 3.74. The van der Waals surface area contributed by atoms with Gasteiger partial charge in [-0.25, -0.2) is 0 Å². The molecule has 2 aromatic heterocycles. The van der Waals surface area contributed by atoms with Crippen LogP contribution in [0.5, 0.6) is 0 Å². The molecule has 1 unspecified atom stereocenters. The van der Waals surface area contributed by atoms with Gasteiger partial charge in [0, 0.05) is 37.5 Å². The second-order valence-electron chi connectivity index (χ2n) is 4.96. The quantitative estimate of drug-likeness (QED) is 0.925. The minimum Gasteiger partial charge on any atom is -0.316 e. The first kappa shape index (κ1) is 12.8. The lowest BCUT2D eigenvalue weighted by atomic mass is 9.95. The van der Waals surface area contributed by atoms with Crippen LogP contribution in [0.15, 0.2) is 29.0 Å². The average molecular weight is 321 g/mol. The predicted molar refractivity (Wildman–Crippen MR) is 79.0 cm³/mol. The second-order valence-corrected chi connectivity index (χ2v) is 5.75. The van der Waals surface area contributed by atoms with Crippen LogP contribution in [0.4, 0.5) is 0 Å². The van der Waals surface area contributed by atoms with E-state index in [0.29, 0.717) is 5.92 Å². The molecule has 1 N–H and O–H groups in total. The van der Waals surface area contributed by atoms with Gasteiger partial charge in [0.15, 0.2) is 0 Å². The minimum atomic E-state index is 0.533. The van der Waals surface area contributed by atoms with Gasteiger partial charge in [-0.2, -0.15) is 5.10 Å². The van der Waals surface area contributed by atoms with Gasteiger partial charge in [-0.3, -0.25) is 9.67 Å². The maximum Gasteiger partial charge on any atom is 0.108 e. The van der Waals surface area contributed by atoms with Crippen LogP contribution in [-0.4, -0.2) is 27.9 Å². The Kier molecular flexibility index (Phi) is 3.66. The molecule has 3 heterocycles. The van der Waals surface area contributed by atoms with Crippen molar-refractivity contribution in [1.82, 2.24) is 20.1 Å². The molecule has 19 heavy (non-hydrogen) atoms. The van der Waals surface area contributed by atoms with Crippen molar-refractivity contribution in [1.29, 1.82) is 0 Å². The lowest BCUT2D eigenvalue weighted by Crippen LogP contribution is -2.29. The Morgan fingerprint density at radius 3 is 3.05 bits per heavy atom. The number of nitrogens with zero attached hydrogens (tertiary/aromatic N) is 3. The molecule has 2 aromatic rings. The molecular weight excluding hydrogens is 304 g/mol. The molecule has 0 radical (unpaired) electrons. The number of nitrogens with one attached hydrogen (secondary N) is 1. The van der Waals surface area contributed by atoms with Gasteiger partial charge in [0.2, 0.25) is 0 Å². The van der Waals surface area contributed by atoms with Crippen LogP contribution in [-0.2, 0) is 7.05 Å². The first-order chi connectivity index (χ1) is 9.27. The van der Waals surface area contributed by atoms with Crippen LogP contribution >= 0.6 is 15.9 Å². The van der Waals surface area contributed by atoms with E-state index in [1.165, 1.54) is 18.5 Å². The Morgan fingerprint density at radius 2 is 2.37 bits per heavy atom. The first-order valence-corrected chi connectivity index (χ1v) is 7.40. The zero-order valence-electron chi connectivity index (χ0n) is 10.9. The molecule has 0 spiro atoms. The smallest absolute Gasteiger partial charge is 0.108 e. The van der Waals surface area contributed by atoms with Gasteiger partial charge in [-0.05, 0) is 47.4 Å². The van der Waals surface area contributed by atoms with Gasteiger partial charge in [-0.1, -0.05) is 0 Å². The summed E-state index contributed by atoms with van der Waals surface area (Å²) < 4.78 is 3.11. The highest BCUT2D eigenvalue weighted by Gasteiger charge is 2.24. The SMILES string of the molecule is Cn1nc(-c2cccnc2)c(Br)c1C1CCCNC1. The van der Waals surface area contributed by atoms with E-state index in [0.717, 1.165) is 28.8 Å². The van der Waals surface area contributed by atoms with E-state index in [-0.39, 0.29) is 0 Å². The fourth-order valence-electron chi connectivity index (χ4n) is 2.73. The summed E-state index contributed by atoms with van der Waals surface area (Å²) in [6, 6.07) is 3.99. The lowest BCUT2D eigenvalue weighted by molar-refractivity contribution is 0.440. The summed E-state index contributed by atoms with van der Waals surface area (Å²) in [7, 11) is 2.02. The molecule has 3 rings (SSSR count). The number of piperidine rings is 1. The van der Waals surface area contributed by atoms with Crippen molar-refractivity contribution in [3.8, 4) is 11.3 Å². The Labute approximate surface area is 121 Å². The van der Waals surface area contributed by atoms with Crippen molar-refractivity contribution < 1.29 is 0 Å². The normalized spacial score (nSPS) is 19.6. The van der Waals surface area contributed by atoms with Crippen LogP contribution in [0, 0.1) is 0 Å². The highest BCUT2D eigenvalue weighted by molar-refractivity contribution is 9.10. The zero-order valence-corrected chi connectivity index (χ0v) is 12.5. The van der Waals surface area contributed by atoms with Crippen LogP contribution < -0.4 is 5.32 Å². The lowest BCUT2D eigenvalue weighted by Gasteiger charge is -2.23. The van der Waals surface area contributed by atoms with Gasteiger partial charge >= 0.3 is 0 Å². The minimum absolute atomic E-state index is 0.533. The summed E-state index contributed by atoms with van der Waals surface area (Å²) in [5.74, 6) is 0.533. The zero-order chi connectivity index (χ0) is 13.2. The fourth-order valence-corrected chi connectivity index (χ4v) is 3.62. The fraction of sp³-hybridized carbons (Fsp3) is 0.429. The molecule has 0 aromatic carbocycles. The number of pyridine rings is 1. The van der Waals surface area contributed by atoms with Gasteiger partial charge in [-0.15, -0.1) is 0 Å². The molecule has 0 aliphatic carbocycles. The van der Waals surface area contributed by atoms with Crippen molar-refractivity contribution >= 4 is 15.9 Å². The molecule has 5 heteroatoms. The second kappa shape index (κ2) is 5.43. The molecule has 1 aliphatic rings. The largest absolute Gasteiger partial charge is 0.316 e. The number of aryl methyl sites for hydroxylation is 1. The molecule has 100 valence electrons. The summed E-state index contributed by atoms with van der Waals surface area (Å²) in [5.41, 5.74) is 3.32. The number of hydrogen-bond donors (Lipinski definition) is 1. The van der Waals surface area contributed by atoms with Gasteiger partial charge in [0.1, 0.15) is 5.69 Å². The Morgan fingerprint density at radius 1 is 1.47 bits per heavy atom. The Balaban J connectivity index is 2.00. The van der Waals surface area contributed by atoms with Crippen LogP contribution in [0.25, 0.3) is 11.3 Å². The third-order valence-electron chi connectivity index (χ3n) is 3.65. The molecule has 1 fully saturated rings. The van der Waals surface area contributed by atoms with E-state index in [1.807, 2.05) is 30.1 Å². The average Bonchev–Trinajstić information content (AvgIpc) is 2.76. The first-order valence-electron chi connectivity index (χ1n) is 6.61. The van der Waals surface area contributed by atoms with Crippen LogP contribution in [0.3, 0.4) is 0 Å². The number of hydrogen-bond acceptors (Lipinski definition) is 3. The number of halogens is 1. The van der Waals surface area contributed by atoms with E-state index in [4.69, 9.17) is 0 Å². The summed E-state index contributed by atoms with van der Waals surface area (Å²) in [4.78, 5) is 4.17. The van der Waals surface area contributed by atoms with Crippen LogP contribution in [0.1, 0.15) is 24.5 Å².